The van der Waals surface area contributed by atoms with Gasteiger partial charge in [0.2, 0.25) is 0 Å². The van der Waals surface area contributed by atoms with Gasteiger partial charge in [-0.05, 0) is 33.1 Å². The lowest BCUT2D eigenvalue weighted by Gasteiger charge is -2.18. The lowest BCUT2D eigenvalue weighted by atomic mass is 10.1. The van der Waals surface area contributed by atoms with Gasteiger partial charge in [-0.3, -0.25) is 4.99 Å². The SMILES string of the molecule is CC(C)(O)CCNC1=NCCCCN1. The Morgan fingerprint density at radius 2 is 2.29 bits per heavy atom. The van der Waals surface area contributed by atoms with Crippen LogP contribution in [-0.2, 0) is 0 Å². The minimum atomic E-state index is -0.599. The second kappa shape index (κ2) is 5.20. The minimum Gasteiger partial charge on any atom is -0.390 e. The number of guanidine groups is 1. The van der Waals surface area contributed by atoms with E-state index in [2.05, 4.69) is 15.6 Å². The highest BCUT2D eigenvalue weighted by molar-refractivity contribution is 5.79. The monoisotopic (exact) mass is 199 g/mol. The first-order valence-electron chi connectivity index (χ1n) is 5.32. The van der Waals surface area contributed by atoms with Gasteiger partial charge in [-0.1, -0.05) is 0 Å². The summed E-state index contributed by atoms with van der Waals surface area (Å²) in [5.41, 5.74) is -0.599. The summed E-state index contributed by atoms with van der Waals surface area (Å²) in [6, 6.07) is 0. The van der Waals surface area contributed by atoms with Crippen molar-refractivity contribution in [2.45, 2.75) is 38.7 Å². The first-order chi connectivity index (χ1) is 6.58. The van der Waals surface area contributed by atoms with Gasteiger partial charge < -0.3 is 15.7 Å². The predicted octanol–water partition coefficient (Wildman–Crippen LogP) is 0.476. The number of aliphatic imine (C=N–C) groups is 1. The molecule has 0 fully saturated rings. The lowest BCUT2D eigenvalue weighted by Crippen LogP contribution is -2.39. The van der Waals surface area contributed by atoms with Crippen LogP contribution in [0, 0.1) is 0 Å². The lowest BCUT2D eigenvalue weighted by molar-refractivity contribution is 0.0725. The van der Waals surface area contributed by atoms with Crippen molar-refractivity contribution in [2.75, 3.05) is 19.6 Å². The Kier molecular flexibility index (Phi) is 4.20. The van der Waals surface area contributed by atoms with Gasteiger partial charge in [0.15, 0.2) is 5.96 Å². The van der Waals surface area contributed by atoms with E-state index >= 15 is 0 Å². The number of nitrogens with one attached hydrogen (secondary N) is 2. The zero-order valence-electron chi connectivity index (χ0n) is 9.14. The fourth-order valence-electron chi connectivity index (χ4n) is 1.30. The van der Waals surface area contributed by atoms with Crippen LogP contribution in [0.1, 0.15) is 33.1 Å². The third-order valence-corrected chi connectivity index (χ3v) is 2.18. The molecule has 0 amide bonds. The fraction of sp³-hybridized carbons (Fsp3) is 0.900. The number of rotatable bonds is 3. The third kappa shape index (κ3) is 5.07. The van der Waals surface area contributed by atoms with E-state index < -0.39 is 5.60 Å². The summed E-state index contributed by atoms with van der Waals surface area (Å²) >= 11 is 0. The predicted molar refractivity (Wildman–Crippen MR) is 58.5 cm³/mol. The highest BCUT2D eigenvalue weighted by Gasteiger charge is 2.12. The molecule has 0 atom stereocenters. The van der Waals surface area contributed by atoms with Gasteiger partial charge in [0, 0.05) is 19.6 Å². The summed E-state index contributed by atoms with van der Waals surface area (Å²) in [5, 5.41) is 15.9. The Morgan fingerprint density at radius 3 is 3.00 bits per heavy atom. The standard InChI is InChI=1S/C10H21N3O/c1-10(2,14)5-8-13-9-11-6-3-4-7-12-9/h14H,3-8H2,1-2H3,(H2,11,12,13). The Balaban J connectivity index is 2.20. The van der Waals surface area contributed by atoms with Gasteiger partial charge in [-0.25, -0.2) is 0 Å². The molecule has 0 aromatic heterocycles. The molecule has 0 saturated heterocycles. The summed E-state index contributed by atoms with van der Waals surface area (Å²) in [4.78, 5) is 4.36. The van der Waals surface area contributed by atoms with Crippen LogP contribution in [0.25, 0.3) is 0 Å². The van der Waals surface area contributed by atoms with Crippen molar-refractivity contribution in [3.63, 3.8) is 0 Å². The van der Waals surface area contributed by atoms with Gasteiger partial charge in [-0.15, -0.1) is 0 Å². The summed E-state index contributed by atoms with van der Waals surface area (Å²) in [7, 11) is 0. The van der Waals surface area contributed by atoms with E-state index in [9.17, 15) is 5.11 Å². The quantitative estimate of drug-likeness (QED) is 0.619. The highest BCUT2D eigenvalue weighted by Crippen LogP contribution is 2.04. The number of hydrogen-bond donors (Lipinski definition) is 3. The van der Waals surface area contributed by atoms with Crippen LogP contribution in [0.2, 0.25) is 0 Å². The molecule has 0 radical (unpaired) electrons. The summed E-state index contributed by atoms with van der Waals surface area (Å²) in [6.07, 6.45) is 3.07. The van der Waals surface area contributed by atoms with Gasteiger partial charge in [-0.2, -0.15) is 0 Å². The normalized spacial score (nSPS) is 18.1. The zero-order valence-corrected chi connectivity index (χ0v) is 9.14. The van der Waals surface area contributed by atoms with Crippen molar-refractivity contribution in [2.24, 2.45) is 4.99 Å². The molecule has 0 aromatic carbocycles. The van der Waals surface area contributed by atoms with Gasteiger partial charge in [0.25, 0.3) is 0 Å². The summed E-state index contributed by atoms with van der Waals surface area (Å²) in [6.45, 7) is 6.29. The van der Waals surface area contributed by atoms with E-state index in [1.165, 1.54) is 6.42 Å². The molecule has 82 valence electrons. The molecule has 0 unspecified atom stereocenters. The van der Waals surface area contributed by atoms with Crippen molar-refractivity contribution >= 4 is 5.96 Å². The van der Waals surface area contributed by atoms with Gasteiger partial charge in [0.1, 0.15) is 0 Å². The number of nitrogens with zero attached hydrogens (tertiary/aromatic N) is 1. The van der Waals surface area contributed by atoms with Gasteiger partial charge >= 0.3 is 0 Å². The largest absolute Gasteiger partial charge is 0.390 e. The van der Waals surface area contributed by atoms with Crippen LogP contribution in [0.15, 0.2) is 4.99 Å². The fourth-order valence-corrected chi connectivity index (χ4v) is 1.30. The second-order valence-electron chi connectivity index (χ2n) is 4.35. The van der Waals surface area contributed by atoms with Crippen LogP contribution < -0.4 is 10.6 Å². The second-order valence-corrected chi connectivity index (χ2v) is 4.35. The van der Waals surface area contributed by atoms with E-state index in [1.54, 1.807) is 0 Å². The van der Waals surface area contributed by atoms with Crippen LogP contribution in [0.4, 0.5) is 0 Å². The summed E-state index contributed by atoms with van der Waals surface area (Å²) < 4.78 is 0. The molecule has 0 aromatic rings. The number of aliphatic hydroxyl groups is 1. The average molecular weight is 199 g/mol. The van der Waals surface area contributed by atoms with Crippen molar-refractivity contribution in [3.8, 4) is 0 Å². The Bertz CT molecular complexity index is 196. The molecule has 0 aliphatic carbocycles. The molecule has 1 aliphatic heterocycles. The van der Waals surface area contributed by atoms with Crippen LogP contribution in [0.5, 0.6) is 0 Å². The molecule has 4 nitrogen and oxygen atoms in total. The van der Waals surface area contributed by atoms with E-state index in [1.807, 2.05) is 13.8 Å². The van der Waals surface area contributed by atoms with Crippen LogP contribution in [0.3, 0.4) is 0 Å². The van der Waals surface area contributed by atoms with E-state index in [0.717, 1.165) is 38.4 Å². The molecule has 3 N–H and O–H groups in total. The van der Waals surface area contributed by atoms with Crippen LogP contribution in [-0.4, -0.2) is 36.3 Å². The molecule has 1 aliphatic rings. The van der Waals surface area contributed by atoms with Crippen LogP contribution >= 0.6 is 0 Å². The molecule has 4 heteroatoms. The minimum absolute atomic E-state index is 0.599. The first-order valence-corrected chi connectivity index (χ1v) is 5.32. The maximum Gasteiger partial charge on any atom is 0.191 e. The van der Waals surface area contributed by atoms with E-state index in [4.69, 9.17) is 0 Å². The van der Waals surface area contributed by atoms with E-state index in [-0.39, 0.29) is 0 Å². The van der Waals surface area contributed by atoms with Crippen molar-refractivity contribution in [3.05, 3.63) is 0 Å². The molecule has 0 spiro atoms. The van der Waals surface area contributed by atoms with Crippen molar-refractivity contribution in [1.82, 2.24) is 10.6 Å². The molecular weight excluding hydrogens is 178 g/mol. The average Bonchev–Trinajstić information content (AvgIpc) is 2.30. The third-order valence-electron chi connectivity index (χ3n) is 2.18. The molecular formula is C10H21N3O. The maximum atomic E-state index is 9.50. The van der Waals surface area contributed by atoms with Crippen molar-refractivity contribution in [1.29, 1.82) is 0 Å². The first kappa shape index (κ1) is 11.3. The molecule has 0 saturated carbocycles. The smallest absolute Gasteiger partial charge is 0.191 e. The zero-order chi connectivity index (χ0) is 10.4. The Morgan fingerprint density at radius 1 is 1.50 bits per heavy atom. The Hall–Kier alpha value is -0.770. The molecule has 0 bridgehead atoms. The van der Waals surface area contributed by atoms with Crippen molar-refractivity contribution < 1.29 is 5.11 Å². The summed E-state index contributed by atoms with van der Waals surface area (Å²) in [5.74, 6) is 0.881. The highest BCUT2D eigenvalue weighted by atomic mass is 16.3. The molecule has 1 heterocycles. The molecule has 14 heavy (non-hydrogen) atoms. The number of hydrogen-bond acceptors (Lipinski definition) is 4. The topological polar surface area (TPSA) is 56.6 Å². The van der Waals surface area contributed by atoms with Gasteiger partial charge in [0.05, 0.1) is 5.60 Å². The maximum absolute atomic E-state index is 9.50. The molecule has 1 rings (SSSR count). The Labute approximate surface area is 85.8 Å². The van der Waals surface area contributed by atoms with E-state index in [0.29, 0.717) is 0 Å².